The van der Waals surface area contributed by atoms with Crippen molar-refractivity contribution in [3.8, 4) is 17.1 Å². The number of rotatable bonds is 9. The van der Waals surface area contributed by atoms with E-state index in [1.807, 2.05) is 18.2 Å². The molecule has 2 saturated carbocycles. The lowest BCUT2D eigenvalue weighted by molar-refractivity contribution is -0.120. The molecule has 2 heterocycles. The summed E-state index contributed by atoms with van der Waals surface area (Å²) in [5.74, 6) is 0.376. The number of hydrogen-bond donors (Lipinski definition) is 1. The van der Waals surface area contributed by atoms with Crippen molar-refractivity contribution in [3.05, 3.63) is 48.0 Å². The molecular weight excluding hydrogens is 425 g/mol. The first kappa shape index (κ1) is 21.2. The molecule has 5 rings (SSSR count). The zero-order valence-corrected chi connectivity index (χ0v) is 18.4. The quantitative estimate of drug-likeness (QED) is 0.498. The fraction of sp³-hybridized carbons (Fsp3) is 0.375. The number of benzene rings is 1. The summed E-state index contributed by atoms with van der Waals surface area (Å²) in [4.78, 5) is 33.8. The third-order valence-corrected chi connectivity index (χ3v) is 5.98. The number of aromatic nitrogens is 4. The SMILES string of the molecule is COc1c(Nc2cc(CC(=O)[C@@H]3C[C@@H]3F)ncc2C(=O)C2CC2)cccc1-c1ncn(C)n1. The summed E-state index contributed by atoms with van der Waals surface area (Å²) in [6, 6.07) is 7.24. The molecule has 33 heavy (non-hydrogen) atoms. The molecule has 2 aromatic heterocycles. The highest BCUT2D eigenvalue weighted by molar-refractivity contribution is 6.04. The minimum absolute atomic E-state index is 0.00420. The van der Waals surface area contributed by atoms with Crippen LogP contribution in [0.15, 0.2) is 36.8 Å². The van der Waals surface area contributed by atoms with Crippen LogP contribution < -0.4 is 10.1 Å². The Bertz CT molecular complexity index is 1240. The van der Waals surface area contributed by atoms with Crippen molar-refractivity contribution in [2.75, 3.05) is 12.4 Å². The van der Waals surface area contributed by atoms with Gasteiger partial charge in [-0.05, 0) is 37.5 Å². The summed E-state index contributed by atoms with van der Waals surface area (Å²) in [6.07, 6.45) is 4.13. The molecule has 1 N–H and O–H groups in total. The van der Waals surface area contributed by atoms with E-state index in [0.29, 0.717) is 39.8 Å². The van der Waals surface area contributed by atoms with E-state index < -0.39 is 12.1 Å². The number of ketones is 2. The molecule has 9 heteroatoms. The fourth-order valence-corrected chi connectivity index (χ4v) is 3.91. The van der Waals surface area contributed by atoms with Crippen LogP contribution in [0, 0.1) is 11.8 Å². The van der Waals surface area contributed by atoms with Gasteiger partial charge in [-0.3, -0.25) is 19.3 Å². The second-order valence-electron chi connectivity index (χ2n) is 8.61. The number of nitrogens with one attached hydrogen (secondary N) is 1. The first-order valence-corrected chi connectivity index (χ1v) is 10.9. The average molecular weight is 449 g/mol. The van der Waals surface area contributed by atoms with Crippen LogP contribution in [0.2, 0.25) is 0 Å². The maximum absolute atomic E-state index is 13.3. The van der Waals surface area contributed by atoms with Crippen LogP contribution in [0.1, 0.15) is 35.3 Å². The molecule has 0 saturated heterocycles. The van der Waals surface area contributed by atoms with E-state index >= 15 is 0 Å². The summed E-state index contributed by atoms with van der Waals surface area (Å²) in [5.41, 5.74) is 2.83. The lowest BCUT2D eigenvalue weighted by atomic mass is 10.0. The van der Waals surface area contributed by atoms with Gasteiger partial charge in [0.15, 0.2) is 17.4 Å². The van der Waals surface area contributed by atoms with Gasteiger partial charge in [0.1, 0.15) is 18.3 Å². The van der Waals surface area contributed by atoms with Gasteiger partial charge in [0.05, 0.1) is 35.5 Å². The third-order valence-electron chi connectivity index (χ3n) is 5.98. The monoisotopic (exact) mass is 449 g/mol. The Morgan fingerprint density at radius 2 is 2.03 bits per heavy atom. The predicted molar refractivity (Wildman–Crippen MR) is 119 cm³/mol. The molecule has 0 bridgehead atoms. The number of nitrogens with zero attached hydrogens (tertiary/aromatic N) is 4. The van der Waals surface area contributed by atoms with Crippen molar-refractivity contribution in [1.29, 1.82) is 0 Å². The molecule has 0 amide bonds. The molecule has 0 aliphatic heterocycles. The molecule has 2 aliphatic carbocycles. The summed E-state index contributed by atoms with van der Waals surface area (Å²) in [7, 11) is 3.34. The van der Waals surface area contributed by atoms with Gasteiger partial charge in [0.2, 0.25) is 0 Å². The van der Waals surface area contributed by atoms with Gasteiger partial charge in [-0.1, -0.05) is 6.07 Å². The number of hydrogen-bond acceptors (Lipinski definition) is 7. The highest BCUT2D eigenvalue weighted by atomic mass is 19.1. The number of ether oxygens (including phenoxy) is 1. The van der Waals surface area contributed by atoms with Crippen molar-refractivity contribution < 1.29 is 18.7 Å². The molecule has 8 nitrogen and oxygen atoms in total. The van der Waals surface area contributed by atoms with Gasteiger partial charge in [-0.15, -0.1) is 0 Å². The Kier molecular flexibility index (Phi) is 5.39. The zero-order chi connectivity index (χ0) is 23.1. The molecule has 2 atom stereocenters. The maximum Gasteiger partial charge on any atom is 0.184 e. The van der Waals surface area contributed by atoms with Gasteiger partial charge < -0.3 is 10.1 Å². The molecule has 0 unspecified atom stereocenters. The number of pyridine rings is 1. The molecule has 3 aromatic rings. The van der Waals surface area contributed by atoms with Crippen LogP contribution >= 0.6 is 0 Å². The van der Waals surface area contributed by atoms with E-state index in [4.69, 9.17) is 4.74 Å². The lowest BCUT2D eigenvalue weighted by Gasteiger charge is -2.16. The number of para-hydroxylation sites is 1. The maximum atomic E-state index is 13.3. The summed E-state index contributed by atoms with van der Waals surface area (Å²) >= 11 is 0. The highest BCUT2D eigenvalue weighted by Crippen LogP contribution is 2.40. The average Bonchev–Trinajstić information content (AvgIpc) is 3.72. The fourth-order valence-electron chi connectivity index (χ4n) is 3.91. The van der Waals surface area contributed by atoms with Crippen molar-refractivity contribution in [2.24, 2.45) is 18.9 Å². The predicted octanol–water partition coefficient (Wildman–Crippen LogP) is 3.69. The van der Waals surface area contributed by atoms with Gasteiger partial charge >= 0.3 is 0 Å². The molecule has 1 aromatic carbocycles. The van der Waals surface area contributed by atoms with E-state index in [1.54, 1.807) is 31.2 Å². The zero-order valence-electron chi connectivity index (χ0n) is 18.4. The minimum atomic E-state index is -1.04. The second-order valence-corrected chi connectivity index (χ2v) is 8.61. The van der Waals surface area contributed by atoms with E-state index in [2.05, 4.69) is 20.4 Å². The van der Waals surface area contributed by atoms with Gasteiger partial charge in [0, 0.05) is 31.3 Å². The van der Waals surface area contributed by atoms with Crippen molar-refractivity contribution in [1.82, 2.24) is 19.7 Å². The van der Waals surface area contributed by atoms with Crippen molar-refractivity contribution in [3.63, 3.8) is 0 Å². The molecule has 2 aliphatic rings. The third kappa shape index (κ3) is 4.35. The van der Waals surface area contributed by atoms with Crippen LogP contribution in [0.25, 0.3) is 11.4 Å². The second kappa shape index (κ2) is 8.38. The number of carbonyl (C=O) groups excluding carboxylic acids is 2. The topological polar surface area (TPSA) is 99.0 Å². The Labute approximate surface area is 190 Å². The summed E-state index contributed by atoms with van der Waals surface area (Å²) in [6.45, 7) is 0. The molecule has 0 spiro atoms. The summed E-state index contributed by atoms with van der Waals surface area (Å²) in [5, 5.41) is 7.66. The van der Waals surface area contributed by atoms with Crippen LogP contribution in [0.3, 0.4) is 0 Å². The Hall–Kier alpha value is -3.62. The summed E-state index contributed by atoms with van der Waals surface area (Å²) < 4.78 is 20.6. The number of Topliss-reactive ketones (excluding diaryl/α,β-unsaturated/α-hetero) is 2. The Balaban J connectivity index is 1.50. The normalized spacial score (nSPS) is 19.2. The van der Waals surface area contributed by atoms with Crippen LogP contribution in [0.4, 0.5) is 15.8 Å². The Morgan fingerprint density at radius 3 is 2.67 bits per heavy atom. The van der Waals surface area contributed by atoms with Crippen LogP contribution in [-0.4, -0.2) is 44.6 Å². The number of carbonyl (C=O) groups is 2. The van der Waals surface area contributed by atoms with Crippen LogP contribution in [0.5, 0.6) is 5.75 Å². The lowest BCUT2D eigenvalue weighted by Crippen LogP contribution is -2.12. The first-order valence-electron chi connectivity index (χ1n) is 10.9. The first-order chi connectivity index (χ1) is 15.9. The van der Waals surface area contributed by atoms with Gasteiger partial charge in [-0.25, -0.2) is 9.37 Å². The standard InChI is InChI=1S/C24H24FN5O3/c1-30-12-27-24(29-30)15-4-3-5-19(23(15)33-2)28-20-8-14(9-21(31)16-10-18(16)25)26-11-17(20)22(32)13-6-7-13/h3-5,8,11-13,16,18H,6-7,9-10H2,1-2H3,(H,26,28)/t16-,18+/m1/s1. The van der Waals surface area contributed by atoms with E-state index in [0.717, 1.165) is 12.8 Å². The molecule has 170 valence electrons. The molecule has 2 fully saturated rings. The Morgan fingerprint density at radius 1 is 1.24 bits per heavy atom. The van der Waals surface area contributed by atoms with E-state index in [-0.39, 0.29) is 30.3 Å². The number of anilines is 2. The number of methoxy groups -OCH3 is 1. The number of halogens is 1. The minimum Gasteiger partial charge on any atom is -0.494 e. The largest absolute Gasteiger partial charge is 0.494 e. The molecule has 0 radical (unpaired) electrons. The number of aryl methyl sites for hydroxylation is 1. The smallest absolute Gasteiger partial charge is 0.184 e. The number of alkyl halides is 1. The highest BCUT2D eigenvalue weighted by Gasteiger charge is 2.43. The van der Waals surface area contributed by atoms with Crippen molar-refractivity contribution >= 4 is 22.9 Å². The molecular formula is C24H24FN5O3. The van der Waals surface area contributed by atoms with E-state index in [9.17, 15) is 14.0 Å². The van der Waals surface area contributed by atoms with Gasteiger partial charge in [-0.2, -0.15) is 5.10 Å². The van der Waals surface area contributed by atoms with E-state index in [1.165, 1.54) is 6.20 Å². The van der Waals surface area contributed by atoms with Crippen LogP contribution in [-0.2, 0) is 18.3 Å². The van der Waals surface area contributed by atoms with Gasteiger partial charge in [0.25, 0.3) is 0 Å². The van der Waals surface area contributed by atoms with Crippen molar-refractivity contribution in [2.45, 2.75) is 31.9 Å².